The molecule has 0 saturated heterocycles. The van der Waals surface area contributed by atoms with Gasteiger partial charge in [0.05, 0.1) is 11.1 Å². The third-order valence-electron chi connectivity index (χ3n) is 2.55. The normalized spacial score (nSPS) is 11.5. The summed E-state index contributed by atoms with van der Waals surface area (Å²) in [5, 5.41) is 9.99. The monoisotopic (exact) mass is 287 g/mol. The van der Waals surface area contributed by atoms with Crippen LogP contribution in [0.2, 0.25) is 0 Å². The Bertz CT molecular complexity index is 642. The lowest BCUT2D eigenvalue weighted by molar-refractivity contribution is -0.132. The van der Waals surface area contributed by atoms with Gasteiger partial charge in [0, 0.05) is 19.3 Å². The topological polar surface area (TPSA) is 85.7 Å². The van der Waals surface area contributed by atoms with Crippen molar-refractivity contribution in [3.63, 3.8) is 0 Å². The predicted octanol–water partition coefficient (Wildman–Crippen LogP) is 1.85. The highest BCUT2D eigenvalue weighted by Gasteiger charge is 2.19. The molecule has 0 spiro atoms. The van der Waals surface area contributed by atoms with E-state index in [1.165, 1.54) is 37.5 Å². The summed E-state index contributed by atoms with van der Waals surface area (Å²) in [5.41, 5.74) is 0.395. The maximum atomic E-state index is 11.8. The smallest absolute Gasteiger partial charge is 0.342 e. The SMILES string of the molecule is CC(=O)Oc1ccccc1C(O)OC(=O)c1cccnc1. The number of esters is 2. The van der Waals surface area contributed by atoms with Crippen molar-refractivity contribution < 1.29 is 24.2 Å². The van der Waals surface area contributed by atoms with Gasteiger partial charge in [-0.15, -0.1) is 0 Å². The number of aromatic nitrogens is 1. The zero-order valence-corrected chi connectivity index (χ0v) is 11.2. The molecule has 1 unspecified atom stereocenters. The van der Waals surface area contributed by atoms with Gasteiger partial charge in [-0.2, -0.15) is 0 Å². The molecule has 1 N–H and O–H groups in total. The van der Waals surface area contributed by atoms with Crippen LogP contribution in [-0.4, -0.2) is 22.0 Å². The van der Waals surface area contributed by atoms with Crippen molar-refractivity contribution in [1.82, 2.24) is 4.98 Å². The van der Waals surface area contributed by atoms with Gasteiger partial charge in [-0.05, 0) is 24.3 Å². The zero-order chi connectivity index (χ0) is 15.2. The fourth-order valence-corrected chi connectivity index (χ4v) is 1.65. The number of benzene rings is 1. The van der Waals surface area contributed by atoms with E-state index in [1.54, 1.807) is 18.2 Å². The van der Waals surface area contributed by atoms with Gasteiger partial charge in [0.25, 0.3) is 0 Å². The van der Waals surface area contributed by atoms with E-state index in [1.807, 2.05) is 0 Å². The molecule has 2 aromatic rings. The number of aliphatic hydroxyl groups excluding tert-OH is 1. The summed E-state index contributed by atoms with van der Waals surface area (Å²) in [6.45, 7) is 1.24. The largest absolute Gasteiger partial charge is 0.428 e. The third kappa shape index (κ3) is 3.87. The fraction of sp³-hybridized carbons (Fsp3) is 0.133. The minimum Gasteiger partial charge on any atom is -0.428 e. The average molecular weight is 287 g/mol. The number of aliphatic hydroxyl groups is 1. The summed E-state index contributed by atoms with van der Waals surface area (Å²) < 4.78 is 9.88. The summed E-state index contributed by atoms with van der Waals surface area (Å²) in [4.78, 5) is 26.6. The Morgan fingerprint density at radius 3 is 2.62 bits per heavy atom. The minimum atomic E-state index is -1.55. The van der Waals surface area contributed by atoms with E-state index in [4.69, 9.17) is 9.47 Å². The molecule has 0 radical (unpaired) electrons. The number of para-hydroxylation sites is 1. The van der Waals surface area contributed by atoms with Gasteiger partial charge in [-0.25, -0.2) is 4.79 Å². The van der Waals surface area contributed by atoms with Gasteiger partial charge in [0.2, 0.25) is 6.29 Å². The molecule has 1 atom stereocenters. The first-order valence-electron chi connectivity index (χ1n) is 6.14. The molecule has 2 rings (SSSR count). The molecular formula is C15H13NO5. The van der Waals surface area contributed by atoms with Crippen LogP contribution in [0.4, 0.5) is 0 Å². The van der Waals surface area contributed by atoms with Gasteiger partial charge >= 0.3 is 11.9 Å². The highest BCUT2D eigenvalue weighted by molar-refractivity contribution is 5.89. The van der Waals surface area contributed by atoms with Crippen molar-refractivity contribution in [1.29, 1.82) is 0 Å². The molecule has 108 valence electrons. The Morgan fingerprint density at radius 2 is 1.95 bits per heavy atom. The van der Waals surface area contributed by atoms with Crippen molar-refractivity contribution in [3.8, 4) is 5.75 Å². The van der Waals surface area contributed by atoms with Crippen LogP contribution in [0.25, 0.3) is 0 Å². The summed E-state index contributed by atoms with van der Waals surface area (Å²) in [5.74, 6) is -1.13. The molecule has 6 heteroatoms. The molecular weight excluding hydrogens is 274 g/mol. The maximum Gasteiger partial charge on any atom is 0.342 e. The Hall–Kier alpha value is -2.73. The number of carbonyl (C=O) groups excluding carboxylic acids is 2. The van der Waals surface area contributed by atoms with E-state index in [9.17, 15) is 14.7 Å². The van der Waals surface area contributed by atoms with Crippen LogP contribution in [0.1, 0.15) is 29.1 Å². The van der Waals surface area contributed by atoms with Gasteiger partial charge in [0.15, 0.2) is 0 Å². The van der Waals surface area contributed by atoms with Crippen LogP contribution in [-0.2, 0) is 9.53 Å². The number of hydrogen-bond acceptors (Lipinski definition) is 6. The minimum absolute atomic E-state index is 0.136. The molecule has 0 bridgehead atoms. The average Bonchev–Trinajstić information content (AvgIpc) is 2.48. The van der Waals surface area contributed by atoms with Gasteiger partial charge in [0.1, 0.15) is 5.75 Å². The van der Waals surface area contributed by atoms with Gasteiger partial charge < -0.3 is 14.6 Å². The number of carbonyl (C=O) groups is 2. The van der Waals surface area contributed by atoms with Gasteiger partial charge in [-0.1, -0.05) is 12.1 Å². The lowest BCUT2D eigenvalue weighted by Gasteiger charge is -2.15. The van der Waals surface area contributed by atoms with E-state index in [-0.39, 0.29) is 16.9 Å². The summed E-state index contributed by atoms with van der Waals surface area (Å²) in [7, 11) is 0. The Morgan fingerprint density at radius 1 is 1.19 bits per heavy atom. The van der Waals surface area contributed by atoms with E-state index in [2.05, 4.69) is 4.98 Å². The lowest BCUT2D eigenvalue weighted by atomic mass is 10.2. The quantitative estimate of drug-likeness (QED) is 0.525. The highest BCUT2D eigenvalue weighted by Crippen LogP contribution is 2.26. The zero-order valence-electron chi connectivity index (χ0n) is 11.2. The van der Waals surface area contributed by atoms with Crippen LogP contribution in [0.5, 0.6) is 5.75 Å². The highest BCUT2D eigenvalue weighted by atomic mass is 16.6. The van der Waals surface area contributed by atoms with Crippen LogP contribution >= 0.6 is 0 Å². The molecule has 0 aliphatic rings. The Kier molecular flexibility index (Phi) is 4.63. The molecule has 1 aromatic carbocycles. The number of rotatable bonds is 4. The van der Waals surface area contributed by atoms with Crippen LogP contribution in [0.3, 0.4) is 0 Å². The third-order valence-corrected chi connectivity index (χ3v) is 2.55. The van der Waals surface area contributed by atoms with E-state index in [0.29, 0.717) is 0 Å². The fourth-order valence-electron chi connectivity index (χ4n) is 1.65. The molecule has 1 heterocycles. The van der Waals surface area contributed by atoms with Crippen LogP contribution < -0.4 is 4.74 Å². The predicted molar refractivity (Wildman–Crippen MR) is 72.4 cm³/mol. The van der Waals surface area contributed by atoms with Crippen LogP contribution in [0.15, 0.2) is 48.8 Å². The Labute approximate surface area is 121 Å². The molecule has 0 fully saturated rings. The molecule has 6 nitrogen and oxygen atoms in total. The van der Waals surface area contributed by atoms with E-state index >= 15 is 0 Å². The van der Waals surface area contributed by atoms with Crippen molar-refractivity contribution >= 4 is 11.9 Å². The maximum absolute atomic E-state index is 11.8. The second-order valence-electron chi connectivity index (χ2n) is 4.13. The molecule has 21 heavy (non-hydrogen) atoms. The van der Waals surface area contributed by atoms with E-state index < -0.39 is 18.2 Å². The van der Waals surface area contributed by atoms with Gasteiger partial charge in [-0.3, -0.25) is 9.78 Å². The van der Waals surface area contributed by atoms with Crippen LogP contribution in [0, 0.1) is 0 Å². The summed E-state index contributed by atoms with van der Waals surface area (Å²) in [6.07, 6.45) is 1.30. The number of pyridine rings is 1. The van der Waals surface area contributed by atoms with Crippen molar-refractivity contribution in [2.45, 2.75) is 13.2 Å². The summed E-state index contributed by atoms with van der Waals surface area (Å²) >= 11 is 0. The van der Waals surface area contributed by atoms with E-state index in [0.717, 1.165) is 0 Å². The van der Waals surface area contributed by atoms with Crippen molar-refractivity contribution in [2.75, 3.05) is 0 Å². The second-order valence-corrected chi connectivity index (χ2v) is 4.13. The second kappa shape index (κ2) is 6.62. The number of ether oxygens (including phenoxy) is 2. The first-order valence-corrected chi connectivity index (χ1v) is 6.14. The standard InChI is InChI=1S/C15H13NO5/c1-10(17)20-13-7-3-2-6-12(13)15(19)21-14(18)11-5-4-8-16-9-11/h2-9,15,19H,1H3. The first-order chi connectivity index (χ1) is 10.1. The molecule has 0 saturated carbocycles. The molecule has 1 aromatic heterocycles. The first kappa shape index (κ1) is 14.7. The number of nitrogens with zero attached hydrogens (tertiary/aromatic N) is 1. The van der Waals surface area contributed by atoms with Crippen molar-refractivity contribution in [2.24, 2.45) is 0 Å². The summed E-state index contributed by atoms with van der Waals surface area (Å²) in [6, 6.07) is 9.36. The Balaban J connectivity index is 2.15. The lowest BCUT2D eigenvalue weighted by Crippen LogP contribution is -2.13. The molecule has 0 aliphatic carbocycles. The molecule has 0 aliphatic heterocycles. The number of hydrogen-bond donors (Lipinski definition) is 1. The molecule has 0 amide bonds. The van der Waals surface area contributed by atoms with Crippen molar-refractivity contribution in [3.05, 3.63) is 59.9 Å².